The van der Waals surface area contributed by atoms with Crippen LogP contribution in [0.4, 0.5) is 5.69 Å². The van der Waals surface area contributed by atoms with Crippen LogP contribution in [0.5, 0.6) is 0 Å². The molecule has 1 aromatic carbocycles. The number of fused-ring (bicyclic) bond motifs is 2. The summed E-state index contributed by atoms with van der Waals surface area (Å²) in [4.78, 5) is 3.26. The van der Waals surface area contributed by atoms with Crippen molar-refractivity contribution in [3.63, 3.8) is 0 Å². The van der Waals surface area contributed by atoms with E-state index >= 15 is 0 Å². The van der Waals surface area contributed by atoms with Crippen molar-refractivity contribution in [3.8, 4) is 0 Å². The van der Waals surface area contributed by atoms with Gasteiger partial charge in [0.2, 0.25) is 0 Å². The first kappa shape index (κ1) is 11.4. The van der Waals surface area contributed by atoms with E-state index in [9.17, 15) is 0 Å². The third kappa shape index (κ3) is 2.42. The van der Waals surface area contributed by atoms with Gasteiger partial charge < -0.3 is 10.3 Å². The minimum absolute atomic E-state index is 1.11. The van der Waals surface area contributed by atoms with Crippen molar-refractivity contribution in [2.75, 3.05) is 11.9 Å². The molecule has 2 N–H and O–H groups in total. The number of hydrogen-bond donors (Lipinski definition) is 2. The lowest BCUT2D eigenvalue weighted by Gasteiger charge is -2.08. The molecular formula is C16H20N2. The molecule has 0 fully saturated rings. The molecule has 0 unspecified atom stereocenters. The minimum atomic E-state index is 1.11. The molecule has 0 saturated heterocycles. The molecule has 0 saturated carbocycles. The zero-order valence-electron chi connectivity index (χ0n) is 10.7. The van der Waals surface area contributed by atoms with Gasteiger partial charge in [-0.1, -0.05) is 18.2 Å². The number of H-pyrrole nitrogens is 1. The molecule has 1 aromatic heterocycles. The predicted molar refractivity (Wildman–Crippen MR) is 76.1 cm³/mol. The quantitative estimate of drug-likeness (QED) is 0.724. The van der Waals surface area contributed by atoms with Crippen molar-refractivity contribution >= 4 is 5.69 Å². The fourth-order valence-corrected chi connectivity index (χ4v) is 2.76. The lowest BCUT2D eigenvalue weighted by molar-refractivity contribution is 0.677. The lowest BCUT2D eigenvalue weighted by atomic mass is 9.98. The van der Waals surface area contributed by atoms with Crippen LogP contribution in [0.1, 0.15) is 29.7 Å². The standard InChI is InChI=1S/C8H11N.C8H9N/c2*1-2-4-8-7(3-1)5-6-9-8/h5-6,9H,1-4H2;1-4,9H,5-6H2. The monoisotopic (exact) mass is 240 g/mol. The molecule has 0 radical (unpaired) electrons. The van der Waals surface area contributed by atoms with Crippen LogP contribution >= 0.6 is 0 Å². The summed E-state index contributed by atoms with van der Waals surface area (Å²) < 4.78 is 0. The van der Waals surface area contributed by atoms with Crippen LogP contribution in [0.15, 0.2) is 36.5 Å². The number of para-hydroxylation sites is 1. The minimum Gasteiger partial charge on any atom is -0.384 e. The van der Waals surface area contributed by atoms with Gasteiger partial charge in [-0.15, -0.1) is 0 Å². The second-order valence-electron chi connectivity index (χ2n) is 5.02. The van der Waals surface area contributed by atoms with E-state index in [-0.39, 0.29) is 0 Å². The van der Waals surface area contributed by atoms with Crippen LogP contribution < -0.4 is 5.32 Å². The van der Waals surface area contributed by atoms with E-state index in [1.165, 1.54) is 49.0 Å². The van der Waals surface area contributed by atoms with Crippen molar-refractivity contribution in [1.82, 2.24) is 4.98 Å². The van der Waals surface area contributed by atoms with Crippen LogP contribution in [0.3, 0.4) is 0 Å². The third-order valence-electron chi connectivity index (χ3n) is 3.78. The summed E-state index contributed by atoms with van der Waals surface area (Å²) in [5.74, 6) is 0. The Morgan fingerprint density at radius 2 is 1.72 bits per heavy atom. The maximum Gasteiger partial charge on any atom is 0.0373 e. The second kappa shape index (κ2) is 5.30. The molecule has 2 heterocycles. The Balaban J connectivity index is 0.000000111. The molecule has 2 nitrogen and oxygen atoms in total. The number of aromatic amines is 1. The molecule has 0 bridgehead atoms. The van der Waals surface area contributed by atoms with Gasteiger partial charge in [0.15, 0.2) is 0 Å². The number of benzene rings is 1. The van der Waals surface area contributed by atoms with E-state index in [0.29, 0.717) is 0 Å². The fraction of sp³-hybridized carbons (Fsp3) is 0.375. The number of rotatable bonds is 0. The van der Waals surface area contributed by atoms with Crippen LogP contribution in [-0.2, 0) is 19.3 Å². The van der Waals surface area contributed by atoms with E-state index in [4.69, 9.17) is 0 Å². The Morgan fingerprint density at radius 3 is 2.61 bits per heavy atom. The topological polar surface area (TPSA) is 27.8 Å². The molecule has 0 amide bonds. The first-order valence-corrected chi connectivity index (χ1v) is 6.90. The van der Waals surface area contributed by atoms with E-state index < -0.39 is 0 Å². The number of nitrogens with one attached hydrogen (secondary N) is 2. The third-order valence-corrected chi connectivity index (χ3v) is 3.78. The summed E-state index contributed by atoms with van der Waals surface area (Å²) in [6.45, 7) is 1.11. The van der Waals surface area contributed by atoms with Gasteiger partial charge in [-0.25, -0.2) is 0 Å². The number of aryl methyl sites for hydroxylation is 2. The molecule has 2 aromatic rings. The second-order valence-corrected chi connectivity index (χ2v) is 5.02. The zero-order valence-corrected chi connectivity index (χ0v) is 10.7. The Hall–Kier alpha value is -1.70. The molecule has 94 valence electrons. The Morgan fingerprint density at radius 1 is 0.833 bits per heavy atom. The summed E-state index contributed by atoms with van der Waals surface area (Å²) >= 11 is 0. The van der Waals surface area contributed by atoms with Crippen LogP contribution in [0, 0.1) is 0 Å². The summed E-state index contributed by atoms with van der Waals surface area (Å²) in [5.41, 5.74) is 5.79. The van der Waals surface area contributed by atoms with Gasteiger partial charge in [0, 0.05) is 24.1 Å². The predicted octanol–water partition coefficient (Wildman–Crippen LogP) is 3.55. The Labute approximate surface area is 108 Å². The van der Waals surface area contributed by atoms with Crippen molar-refractivity contribution < 1.29 is 0 Å². The van der Waals surface area contributed by atoms with Gasteiger partial charge in [-0.05, 0) is 55.4 Å². The number of anilines is 1. The highest BCUT2D eigenvalue weighted by Gasteiger charge is 2.07. The summed E-state index contributed by atoms with van der Waals surface area (Å²) in [6.07, 6.45) is 8.55. The van der Waals surface area contributed by atoms with E-state index in [2.05, 4.69) is 46.8 Å². The van der Waals surface area contributed by atoms with Gasteiger partial charge in [0.25, 0.3) is 0 Å². The van der Waals surface area contributed by atoms with E-state index in [0.717, 1.165) is 6.54 Å². The molecular weight excluding hydrogens is 220 g/mol. The maximum atomic E-state index is 3.30. The first-order valence-electron chi connectivity index (χ1n) is 6.90. The lowest BCUT2D eigenvalue weighted by Crippen LogP contribution is -1.99. The van der Waals surface area contributed by atoms with Gasteiger partial charge >= 0.3 is 0 Å². The first-order chi connectivity index (χ1) is 8.93. The summed E-state index contributed by atoms with van der Waals surface area (Å²) in [6, 6.07) is 10.7. The molecule has 2 heteroatoms. The maximum absolute atomic E-state index is 3.30. The SMILES string of the molecule is c1cc2c([nH]1)CCCC2.c1ccc2c(c1)CCN2. The molecule has 0 spiro atoms. The summed E-state index contributed by atoms with van der Waals surface area (Å²) in [5, 5.41) is 3.30. The van der Waals surface area contributed by atoms with Crippen LogP contribution in [-0.4, -0.2) is 11.5 Å². The zero-order chi connectivity index (χ0) is 12.2. The molecule has 2 aliphatic rings. The highest BCUT2D eigenvalue weighted by molar-refractivity contribution is 5.54. The molecule has 1 aliphatic heterocycles. The average Bonchev–Trinajstić information content (AvgIpc) is 3.08. The normalized spacial score (nSPS) is 16.0. The smallest absolute Gasteiger partial charge is 0.0373 e. The van der Waals surface area contributed by atoms with Gasteiger partial charge in [-0.2, -0.15) is 0 Å². The molecule has 4 rings (SSSR count). The summed E-state index contributed by atoms with van der Waals surface area (Å²) in [7, 11) is 0. The van der Waals surface area contributed by atoms with Crippen molar-refractivity contribution in [1.29, 1.82) is 0 Å². The van der Waals surface area contributed by atoms with Crippen molar-refractivity contribution in [2.45, 2.75) is 32.1 Å². The van der Waals surface area contributed by atoms with Crippen LogP contribution in [0.2, 0.25) is 0 Å². The highest BCUT2D eigenvalue weighted by Crippen LogP contribution is 2.20. The van der Waals surface area contributed by atoms with Crippen molar-refractivity contribution in [2.24, 2.45) is 0 Å². The molecule has 0 atom stereocenters. The van der Waals surface area contributed by atoms with Crippen LogP contribution in [0.25, 0.3) is 0 Å². The van der Waals surface area contributed by atoms with Gasteiger partial charge in [0.05, 0.1) is 0 Å². The largest absolute Gasteiger partial charge is 0.384 e. The fourth-order valence-electron chi connectivity index (χ4n) is 2.76. The Kier molecular flexibility index (Phi) is 3.35. The van der Waals surface area contributed by atoms with Gasteiger partial charge in [0.1, 0.15) is 0 Å². The van der Waals surface area contributed by atoms with Crippen molar-refractivity contribution in [3.05, 3.63) is 53.3 Å². The van der Waals surface area contributed by atoms with E-state index in [1.54, 1.807) is 5.56 Å². The average molecular weight is 240 g/mol. The highest BCUT2D eigenvalue weighted by atomic mass is 14.9. The number of hydrogen-bond acceptors (Lipinski definition) is 1. The molecule has 1 aliphatic carbocycles. The Bertz CT molecular complexity index is 470. The van der Waals surface area contributed by atoms with Gasteiger partial charge in [-0.3, -0.25) is 0 Å². The number of aromatic nitrogens is 1. The van der Waals surface area contributed by atoms with E-state index in [1.807, 2.05) is 0 Å². The molecule has 18 heavy (non-hydrogen) atoms.